The van der Waals surface area contributed by atoms with Gasteiger partial charge in [-0.3, -0.25) is 9.36 Å². The van der Waals surface area contributed by atoms with Gasteiger partial charge in [0.25, 0.3) is 5.56 Å². The maximum atomic E-state index is 11.8. The maximum absolute atomic E-state index is 11.8. The highest BCUT2D eigenvalue weighted by Gasteiger charge is 2.08. The molecule has 0 aliphatic carbocycles. The lowest BCUT2D eigenvalue weighted by Gasteiger charge is -2.03. The van der Waals surface area contributed by atoms with Crippen LogP contribution in [0.1, 0.15) is 4.88 Å². The Labute approximate surface area is 114 Å². The number of nitrogens with zero attached hydrogens (tertiary/aromatic N) is 2. The maximum Gasteiger partial charge on any atom is 0.269 e. The van der Waals surface area contributed by atoms with Crippen molar-refractivity contribution < 1.29 is 0 Å². The minimum absolute atomic E-state index is 0.172. The van der Waals surface area contributed by atoms with Gasteiger partial charge in [-0.1, -0.05) is 23.2 Å². The molecule has 7 heteroatoms. The van der Waals surface area contributed by atoms with Crippen molar-refractivity contribution in [2.75, 3.05) is 0 Å². The second-order valence-corrected chi connectivity index (χ2v) is 5.94. The smallest absolute Gasteiger partial charge is 0.269 e. The summed E-state index contributed by atoms with van der Waals surface area (Å²) in [5.41, 5.74) is -0.204. The lowest BCUT2D eigenvalue weighted by atomic mass is 10.4. The highest BCUT2D eigenvalue weighted by Crippen LogP contribution is 2.22. The SMILES string of the molecule is O=c1c(Br)c(Cl)ncn1Cc1ccc(Cl)s1. The Kier molecular flexibility index (Phi) is 3.69. The minimum atomic E-state index is -0.204. The molecule has 2 aromatic rings. The molecule has 0 saturated heterocycles. The van der Waals surface area contributed by atoms with Gasteiger partial charge in [0.05, 0.1) is 17.2 Å². The van der Waals surface area contributed by atoms with Crippen molar-refractivity contribution in [1.82, 2.24) is 9.55 Å². The molecule has 3 nitrogen and oxygen atoms in total. The summed E-state index contributed by atoms with van der Waals surface area (Å²) in [5, 5.41) is 0.172. The zero-order valence-electron chi connectivity index (χ0n) is 7.78. The van der Waals surface area contributed by atoms with Gasteiger partial charge in [0, 0.05) is 4.88 Å². The Balaban J connectivity index is 2.36. The molecule has 0 bridgehead atoms. The predicted octanol–water partition coefficient (Wildman–Crippen LogP) is 3.42. The normalized spacial score (nSPS) is 10.7. The predicted molar refractivity (Wildman–Crippen MR) is 69.6 cm³/mol. The van der Waals surface area contributed by atoms with E-state index >= 15 is 0 Å². The van der Waals surface area contributed by atoms with Crippen LogP contribution in [0.5, 0.6) is 0 Å². The minimum Gasteiger partial charge on any atom is -0.293 e. The van der Waals surface area contributed by atoms with E-state index in [1.165, 1.54) is 22.2 Å². The van der Waals surface area contributed by atoms with Gasteiger partial charge < -0.3 is 0 Å². The van der Waals surface area contributed by atoms with Crippen LogP contribution < -0.4 is 5.56 Å². The van der Waals surface area contributed by atoms with Crippen LogP contribution in [-0.2, 0) is 6.54 Å². The van der Waals surface area contributed by atoms with Crippen molar-refractivity contribution in [1.29, 1.82) is 0 Å². The third kappa shape index (κ3) is 2.48. The van der Waals surface area contributed by atoms with E-state index in [-0.39, 0.29) is 15.2 Å². The highest BCUT2D eigenvalue weighted by molar-refractivity contribution is 9.10. The Morgan fingerprint density at radius 2 is 2.19 bits per heavy atom. The third-order valence-electron chi connectivity index (χ3n) is 1.90. The van der Waals surface area contributed by atoms with Crippen molar-refractivity contribution in [3.63, 3.8) is 0 Å². The fourth-order valence-corrected chi connectivity index (χ4v) is 2.70. The van der Waals surface area contributed by atoms with Gasteiger partial charge in [-0.15, -0.1) is 11.3 Å². The molecule has 0 saturated carbocycles. The molecule has 2 rings (SSSR count). The molecule has 0 aliphatic rings. The fraction of sp³-hybridized carbons (Fsp3) is 0.111. The van der Waals surface area contributed by atoms with Crippen molar-refractivity contribution in [3.8, 4) is 0 Å². The van der Waals surface area contributed by atoms with Gasteiger partial charge in [0.1, 0.15) is 4.47 Å². The van der Waals surface area contributed by atoms with E-state index in [2.05, 4.69) is 20.9 Å². The van der Waals surface area contributed by atoms with Crippen molar-refractivity contribution in [2.24, 2.45) is 0 Å². The second-order valence-electron chi connectivity index (χ2n) is 2.99. The van der Waals surface area contributed by atoms with Gasteiger partial charge >= 0.3 is 0 Å². The van der Waals surface area contributed by atoms with Gasteiger partial charge in [-0.05, 0) is 28.1 Å². The molecule has 0 unspecified atom stereocenters. The van der Waals surface area contributed by atoms with Crippen LogP contribution >= 0.6 is 50.5 Å². The van der Waals surface area contributed by atoms with E-state index in [1.54, 1.807) is 6.07 Å². The van der Waals surface area contributed by atoms with Gasteiger partial charge in [-0.2, -0.15) is 0 Å². The Morgan fingerprint density at radius 1 is 1.44 bits per heavy atom. The van der Waals surface area contributed by atoms with E-state index in [0.717, 1.165) is 4.88 Å². The van der Waals surface area contributed by atoms with E-state index in [0.29, 0.717) is 10.9 Å². The monoisotopic (exact) mass is 338 g/mol. The van der Waals surface area contributed by atoms with Crippen LogP contribution in [-0.4, -0.2) is 9.55 Å². The lowest BCUT2D eigenvalue weighted by molar-refractivity contribution is 0.740. The van der Waals surface area contributed by atoms with Gasteiger partial charge in [-0.25, -0.2) is 4.98 Å². The molecule has 0 aromatic carbocycles. The number of hydrogen-bond acceptors (Lipinski definition) is 3. The molecule has 0 amide bonds. The van der Waals surface area contributed by atoms with Crippen LogP contribution in [0.15, 0.2) is 27.7 Å². The van der Waals surface area contributed by atoms with E-state index in [1.807, 2.05) is 6.07 Å². The molecule has 0 atom stereocenters. The van der Waals surface area contributed by atoms with Crippen LogP contribution in [0.3, 0.4) is 0 Å². The molecule has 0 spiro atoms. The average molecular weight is 340 g/mol. The number of rotatable bonds is 2. The number of halogens is 3. The van der Waals surface area contributed by atoms with Crippen LogP contribution in [0.25, 0.3) is 0 Å². The zero-order valence-corrected chi connectivity index (χ0v) is 11.7. The Hall–Kier alpha value is -0.360. The van der Waals surface area contributed by atoms with Crippen molar-refractivity contribution >= 4 is 50.5 Å². The van der Waals surface area contributed by atoms with E-state index in [4.69, 9.17) is 23.2 Å². The standard InChI is InChI=1S/C9H5BrCl2N2OS/c10-7-8(12)13-4-14(9(7)15)3-5-1-2-6(11)16-5/h1-2,4H,3H2. The molecule has 0 fully saturated rings. The molecule has 16 heavy (non-hydrogen) atoms. The summed E-state index contributed by atoms with van der Waals surface area (Å²) in [5.74, 6) is 0. The summed E-state index contributed by atoms with van der Waals surface area (Å²) in [6.45, 7) is 0.443. The summed E-state index contributed by atoms with van der Waals surface area (Å²) in [6.07, 6.45) is 1.42. The number of aromatic nitrogens is 2. The van der Waals surface area contributed by atoms with Crippen molar-refractivity contribution in [3.05, 3.63) is 47.7 Å². The van der Waals surface area contributed by atoms with Crippen molar-refractivity contribution in [2.45, 2.75) is 6.54 Å². The first-order chi connectivity index (χ1) is 7.58. The molecular formula is C9H5BrCl2N2OS. The first-order valence-electron chi connectivity index (χ1n) is 4.22. The first-order valence-corrected chi connectivity index (χ1v) is 6.59. The summed E-state index contributed by atoms with van der Waals surface area (Å²) >= 11 is 16.0. The summed E-state index contributed by atoms with van der Waals surface area (Å²) in [7, 11) is 0. The fourth-order valence-electron chi connectivity index (χ4n) is 1.16. The summed E-state index contributed by atoms with van der Waals surface area (Å²) in [6, 6.07) is 3.67. The van der Waals surface area contributed by atoms with Gasteiger partial charge in [0.2, 0.25) is 0 Å². The van der Waals surface area contributed by atoms with Crippen LogP contribution in [0, 0.1) is 0 Å². The van der Waals surface area contributed by atoms with Crippen LogP contribution in [0.2, 0.25) is 9.49 Å². The molecule has 2 heterocycles. The Bertz CT molecular complexity index is 581. The second kappa shape index (κ2) is 4.87. The molecule has 2 aromatic heterocycles. The van der Waals surface area contributed by atoms with Crippen LogP contribution in [0.4, 0.5) is 0 Å². The first kappa shape index (κ1) is 12.1. The summed E-state index contributed by atoms with van der Waals surface area (Å²) < 4.78 is 2.45. The third-order valence-corrected chi connectivity index (χ3v) is 4.34. The van der Waals surface area contributed by atoms with Gasteiger partial charge in [0.15, 0.2) is 5.15 Å². The molecular weight excluding hydrogens is 335 g/mol. The molecule has 0 aliphatic heterocycles. The molecule has 84 valence electrons. The zero-order chi connectivity index (χ0) is 11.7. The topological polar surface area (TPSA) is 34.9 Å². The largest absolute Gasteiger partial charge is 0.293 e. The lowest BCUT2D eigenvalue weighted by Crippen LogP contribution is -2.21. The summed E-state index contributed by atoms with van der Waals surface area (Å²) in [4.78, 5) is 16.6. The average Bonchev–Trinajstić information content (AvgIpc) is 2.65. The Morgan fingerprint density at radius 3 is 2.81 bits per heavy atom. The quantitative estimate of drug-likeness (QED) is 0.786. The number of thiophene rings is 1. The van der Waals surface area contributed by atoms with E-state index in [9.17, 15) is 4.79 Å². The number of hydrogen-bond donors (Lipinski definition) is 0. The van der Waals surface area contributed by atoms with E-state index < -0.39 is 0 Å². The highest BCUT2D eigenvalue weighted by atomic mass is 79.9. The molecule has 0 N–H and O–H groups in total. The molecule has 0 radical (unpaired) electrons.